The number of hydrogen-bond acceptors (Lipinski definition) is 3. The lowest BCUT2D eigenvalue weighted by atomic mass is 10.1. The zero-order valence-corrected chi connectivity index (χ0v) is 9.90. The number of hydrogen-bond donors (Lipinski definition) is 1. The van der Waals surface area contributed by atoms with Gasteiger partial charge in [-0.15, -0.1) is 0 Å². The highest BCUT2D eigenvalue weighted by Crippen LogP contribution is 2.49. The molecule has 1 aromatic carbocycles. The van der Waals surface area contributed by atoms with E-state index < -0.39 is 0 Å². The highest BCUT2D eigenvalue weighted by molar-refractivity contribution is 6.02. The molecule has 1 aliphatic carbocycles. The minimum Gasteiger partial charge on any atom is -0.411 e. The van der Waals surface area contributed by atoms with Crippen molar-refractivity contribution in [3.8, 4) is 0 Å². The minimum atomic E-state index is 0.285. The monoisotopic (exact) mass is 238 g/mol. The first kappa shape index (κ1) is 11.0. The minimum absolute atomic E-state index is 0.285. The lowest BCUT2D eigenvalue weighted by Gasteiger charge is -2.03. The van der Waals surface area contributed by atoms with Gasteiger partial charge in [0.2, 0.25) is 0 Å². The van der Waals surface area contributed by atoms with E-state index in [9.17, 15) is 5.21 Å². The van der Waals surface area contributed by atoms with Crippen LogP contribution < -0.4 is 0 Å². The van der Waals surface area contributed by atoms with Gasteiger partial charge < -0.3 is 5.21 Å². The van der Waals surface area contributed by atoms with Gasteiger partial charge in [-0.3, -0.25) is 4.98 Å². The Balaban J connectivity index is 1.82. The van der Waals surface area contributed by atoms with Crippen LogP contribution in [0.25, 0.3) is 0 Å². The van der Waals surface area contributed by atoms with E-state index in [4.69, 9.17) is 0 Å². The summed E-state index contributed by atoms with van der Waals surface area (Å²) in [6, 6.07) is 16.0. The molecule has 0 bridgehead atoms. The summed E-state index contributed by atoms with van der Waals surface area (Å²) in [7, 11) is 0. The van der Waals surface area contributed by atoms with E-state index in [1.165, 1.54) is 5.56 Å². The lowest BCUT2D eigenvalue weighted by Crippen LogP contribution is -2.07. The second kappa shape index (κ2) is 4.61. The summed E-state index contributed by atoms with van der Waals surface area (Å²) in [6.45, 7) is 0. The fourth-order valence-electron chi connectivity index (χ4n) is 2.40. The van der Waals surface area contributed by atoms with E-state index >= 15 is 0 Å². The number of rotatable bonds is 3. The molecule has 18 heavy (non-hydrogen) atoms. The van der Waals surface area contributed by atoms with E-state index in [1.807, 2.05) is 36.4 Å². The second-order valence-corrected chi connectivity index (χ2v) is 4.56. The Hall–Kier alpha value is -2.16. The molecule has 1 saturated carbocycles. The van der Waals surface area contributed by atoms with Crippen LogP contribution in [0.2, 0.25) is 0 Å². The molecule has 3 rings (SSSR count). The maximum atomic E-state index is 9.20. The third-order valence-corrected chi connectivity index (χ3v) is 3.40. The smallest absolute Gasteiger partial charge is 0.109 e. The van der Waals surface area contributed by atoms with Gasteiger partial charge in [0.1, 0.15) is 5.71 Å². The summed E-state index contributed by atoms with van der Waals surface area (Å²) in [5.41, 5.74) is 2.77. The molecule has 0 spiro atoms. The third-order valence-electron chi connectivity index (χ3n) is 3.40. The van der Waals surface area contributed by atoms with Gasteiger partial charge in [0.05, 0.1) is 5.69 Å². The first-order valence-corrected chi connectivity index (χ1v) is 6.08. The first-order valence-electron chi connectivity index (χ1n) is 6.08. The van der Waals surface area contributed by atoms with Gasteiger partial charge >= 0.3 is 0 Å². The van der Waals surface area contributed by atoms with Crippen molar-refractivity contribution in [3.05, 3.63) is 66.0 Å². The van der Waals surface area contributed by atoms with Gasteiger partial charge in [-0.25, -0.2) is 0 Å². The molecule has 3 heteroatoms. The number of benzene rings is 1. The van der Waals surface area contributed by atoms with Crippen LogP contribution in [0.4, 0.5) is 0 Å². The summed E-state index contributed by atoms with van der Waals surface area (Å²) >= 11 is 0. The molecule has 1 aromatic heterocycles. The normalized spacial score (nSPS) is 22.8. The van der Waals surface area contributed by atoms with Crippen molar-refractivity contribution in [2.24, 2.45) is 11.1 Å². The topological polar surface area (TPSA) is 45.5 Å². The number of aromatic nitrogens is 1. The first-order chi connectivity index (χ1) is 8.90. The van der Waals surface area contributed by atoms with Gasteiger partial charge in [-0.1, -0.05) is 41.6 Å². The van der Waals surface area contributed by atoms with Gasteiger partial charge in [0, 0.05) is 12.1 Å². The summed E-state index contributed by atoms with van der Waals surface area (Å²) in [4.78, 5) is 4.25. The van der Waals surface area contributed by atoms with E-state index in [1.54, 1.807) is 6.20 Å². The lowest BCUT2D eigenvalue weighted by molar-refractivity contribution is 0.317. The highest BCUT2D eigenvalue weighted by Gasteiger charge is 2.43. The number of pyridine rings is 1. The Kier molecular flexibility index (Phi) is 2.81. The maximum absolute atomic E-state index is 9.20. The van der Waals surface area contributed by atoms with Crippen molar-refractivity contribution in [2.75, 3.05) is 0 Å². The molecule has 0 amide bonds. The Morgan fingerprint density at radius 3 is 2.56 bits per heavy atom. The highest BCUT2D eigenvalue weighted by atomic mass is 16.4. The van der Waals surface area contributed by atoms with Crippen LogP contribution in [0.5, 0.6) is 0 Å². The Morgan fingerprint density at radius 1 is 1.11 bits per heavy atom. The molecule has 2 atom stereocenters. The molecule has 2 aromatic rings. The van der Waals surface area contributed by atoms with Crippen molar-refractivity contribution >= 4 is 5.71 Å². The zero-order valence-electron chi connectivity index (χ0n) is 9.90. The molecular weight excluding hydrogens is 224 g/mol. The number of nitrogens with zero attached hydrogens (tertiary/aromatic N) is 2. The Morgan fingerprint density at radius 2 is 1.89 bits per heavy atom. The van der Waals surface area contributed by atoms with Crippen molar-refractivity contribution in [1.82, 2.24) is 4.98 Å². The number of oxime groups is 1. The van der Waals surface area contributed by atoms with Crippen molar-refractivity contribution in [3.63, 3.8) is 0 Å². The van der Waals surface area contributed by atoms with Crippen LogP contribution in [0.3, 0.4) is 0 Å². The molecule has 1 fully saturated rings. The average molecular weight is 238 g/mol. The van der Waals surface area contributed by atoms with E-state index in [0.29, 0.717) is 11.6 Å². The fourth-order valence-corrected chi connectivity index (χ4v) is 2.40. The molecule has 3 nitrogen and oxygen atoms in total. The van der Waals surface area contributed by atoms with E-state index in [0.717, 1.165) is 12.1 Å². The van der Waals surface area contributed by atoms with Gasteiger partial charge in [0.25, 0.3) is 0 Å². The van der Waals surface area contributed by atoms with Gasteiger partial charge in [-0.05, 0) is 30.0 Å². The van der Waals surface area contributed by atoms with Crippen molar-refractivity contribution < 1.29 is 5.21 Å². The van der Waals surface area contributed by atoms with Crippen molar-refractivity contribution in [2.45, 2.75) is 12.3 Å². The molecule has 1 heterocycles. The maximum Gasteiger partial charge on any atom is 0.109 e. The van der Waals surface area contributed by atoms with Crippen LogP contribution in [0.1, 0.15) is 23.6 Å². The molecule has 0 radical (unpaired) electrons. The summed E-state index contributed by atoms with van der Waals surface area (Å²) in [6.07, 6.45) is 2.75. The summed E-state index contributed by atoms with van der Waals surface area (Å²) in [5, 5.41) is 12.7. The Bertz CT molecular complexity index is 551. The van der Waals surface area contributed by atoms with Crippen LogP contribution in [-0.4, -0.2) is 15.9 Å². The standard InChI is InChI=1S/C15H14N2O/c18-17-15(14-8-4-5-9-16-14)13-10-12(13)11-6-2-1-3-7-11/h1-9,12-13,18H,10H2/b17-15+/t12-,13-/m1/s1. The SMILES string of the molecule is O/N=C(/c1ccccn1)[C@@H]1C[C@@H]1c1ccccc1. The summed E-state index contributed by atoms with van der Waals surface area (Å²) < 4.78 is 0. The second-order valence-electron chi connectivity index (χ2n) is 4.56. The average Bonchev–Trinajstić information content (AvgIpc) is 3.22. The Labute approximate surface area is 106 Å². The van der Waals surface area contributed by atoms with Gasteiger partial charge in [0.15, 0.2) is 0 Å². The zero-order chi connectivity index (χ0) is 12.4. The fraction of sp³-hybridized carbons (Fsp3) is 0.200. The van der Waals surface area contributed by atoms with Crippen LogP contribution >= 0.6 is 0 Å². The molecule has 1 aliphatic rings. The molecule has 1 N–H and O–H groups in total. The van der Waals surface area contributed by atoms with Crippen LogP contribution in [0, 0.1) is 5.92 Å². The van der Waals surface area contributed by atoms with Gasteiger partial charge in [-0.2, -0.15) is 0 Å². The summed E-state index contributed by atoms with van der Waals surface area (Å²) in [5.74, 6) is 0.742. The predicted molar refractivity (Wildman–Crippen MR) is 69.9 cm³/mol. The largest absolute Gasteiger partial charge is 0.411 e. The van der Waals surface area contributed by atoms with E-state index in [-0.39, 0.29) is 5.92 Å². The van der Waals surface area contributed by atoms with Crippen LogP contribution in [0.15, 0.2) is 59.9 Å². The molecule has 0 saturated heterocycles. The molecular formula is C15H14N2O. The van der Waals surface area contributed by atoms with Crippen molar-refractivity contribution in [1.29, 1.82) is 0 Å². The third kappa shape index (κ3) is 1.99. The predicted octanol–water partition coefficient (Wildman–Crippen LogP) is 3.06. The van der Waals surface area contributed by atoms with Crippen LogP contribution in [-0.2, 0) is 0 Å². The molecule has 0 unspecified atom stereocenters. The quantitative estimate of drug-likeness (QED) is 0.507. The van der Waals surface area contributed by atoms with E-state index in [2.05, 4.69) is 22.3 Å². The molecule has 90 valence electrons. The molecule has 0 aliphatic heterocycles.